The van der Waals surface area contributed by atoms with Gasteiger partial charge in [0.15, 0.2) is 0 Å². The minimum absolute atomic E-state index is 0.313. The summed E-state index contributed by atoms with van der Waals surface area (Å²) in [4.78, 5) is 6.07. The van der Waals surface area contributed by atoms with Crippen molar-refractivity contribution in [1.29, 1.82) is 0 Å². The lowest BCUT2D eigenvalue weighted by molar-refractivity contribution is -0.488. The van der Waals surface area contributed by atoms with Crippen LogP contribution in [0.1, 0.15) is 5.56 Å². The second-order valence-electron chi connectivity index (χ2n) is 4.31. The van der Waals surface area contributed by atoms with Crippen LogP contribution in [0.25, 0.3) is 0 Å². The molecule has 0 unspecified atom stereocenters. The van der Waals surface area contributed by atoms with Crippen molar-refractivity contribution in [1.82, 2.24) is 10.3 Å². The van der Waals surface area contributed by atoms with Crippen molar-refractivity contribution in [3.8, 4) is 0 Å². The topological polar surface area (TPSA) is 32.0 Å². The van der Waals surface area contributed by atoms with Crippen LogP contribution in [0.4, 0.5) is 19.1 Å². The van der Waals surface area contributed by atoms with Crippen LogP contribution < -0.4 is 14.2 Å². The summed E-state index contributed by atoms with van der Waals surface area (Å²) in [5.41, 5.74) is -0.702. The summed E-state index contributed by atoms with van der Waals surface area (Å²) in [6.07, 6.45) is -2.29. The van der Waals surface area contributed by atoms with Gasteiger partial charge < -0.3 is 5.32 Å². The van der Waals surface area contributed by atoms with Crippen LogP contribution in [0.5, 0.6) is 0 Å². The molecule has 0 aliphatic carbocycles. The number of piperazine rings is 1. The number of aromatic nitrogens is 2. The molecule has 2 aliphatic rings. The average molecular weight is 277 g/mol. The highest BCUT2D eigenvalue weighted by Gasteiger charge is 2.40. The summed E-state index contributed by atoms with van der Waals surface area (Å²) in [6.45, 7) is 2.48. The number of alkyl halides is 3. The minimum atomic E-state index is -4.34. The number of rotatable bonds is 0. The lowest BCUT2D eigenvalue weighted by Crippen LogP contribution is -2.59. The van der Waals surface area contributed by atoms with Gasteiger partial charge in [-0.25, -0.2) is 0 Å². The van der Waals surface area contributed by atoms with Gasteiger partial charge in [0.1, 0.15) is 17.8 Å². The maximum absolute atomic E-state index is 12.6. The maximum Gasteiger partial charge on any atom is 0.422 e. The van der Waals surface area contributed by atoms with Crippen molar-refractivity contribution in [2.75, 3.05) is 30.3 Å². The van der Waals surface area contributed by atoms with Crippen LogP contribution in [0, 0.1) is 0 Å². The van der Waals surface area contributed by atoms with Crippen LogP contribution in [0.3, 0.4) is 0 Å². The van der Waals surface area contributed by atoms with E-state index in [2.05, 4.69) is 15.2 Å². The van der Waals surface area contributed by atoms with Gasteiger partial charge in [0, 0.05) is 25.0 Å². The van der Waals surface area contributed by atoms with E-state index in [0.717, 1.165) is 37.8 Å². The molecule has 3 heterocycles. The Morgan fingerprint density at radius 3 is 3.11 bits per heavy atom. The largest absolute Gasteiger partial charge is 0.422 e. The first kappa shape index (κ1) is 12.0. The van der Waals surface area contributed by atoms with Gasteiger partial charge in [0.25, 0.3) is 0 Å². The number of anilines is 1. The molecule has 1 aromatic rings. The molecule has 8 heteroatoms. The fraction of sp³-hybridized carbons (Fsp3) is 0.600. The van der Waals surface area contributed by atoms with Crippen molar-refractivity contribution in [3.05, 3.63) is 18.0 Å². The third kappa shape index (κ3) is 2.03. The zero-order chi connectivity index (χ0) is 12.8. The number of fused-ring (bicyclic) bond motifs is 3. The SMILES string of the molecule is FC(F)(F)c1cnc2[n+](c1)SC[C@@H]1CNCCN21. The highest BCUT2D eigenvalue weighted by Crippen LogP contribution is 2.30. The zero-order valence-electron chi connectivity index (χ0n) is 9.44. The molecule has 1 N–H and O–H groups in total. The molecule has 2 aliphatic heterocycles. The van der Waals surface area contributed by atoms with Gasteiger partial charge in [-0.2, -0.15) is 17.1 Å². The highest BCUT2D eigenvalue weighted by molar-refractivity contribution is 7.93. The molecular weight excluding hydrogens is 265 g/mol. The molecule has 1 aromatic heterocycles. The second-order valence-corrected chi connectivity index (χ2v) is 5.30. The quantitative estimate of drug-likeness (QED) is 0.707. The fourth-order valence-electron chi connectivity index (χ4n) is 2.18. The van der Waals surface area contributed by atoms with Crippen molar-refractivity contribution in [2.45, 2.75) is 12.2 Å². The summed E-state index contributed by atoms with van der Waals surface area (Å²) in [5.74, 6) is 1.39. The fourth-order valence-corrected chi connectivity index (χ4v) is 3.27. The van der Waals surface area contributed by atoms with Crippen LogP contribution in [0.15, 0.2) is 12.4 Å². The molecule has 0 spiro atoms. The Balaban J connectivity index is 1.96. The van der Waals surface area contributed by atoms with Crippen molar-refractivity contribution >= 4 is 17.9 Å². The predicted octanol–water partition coefficient (Wildman–Crippen LogP) is 0.676. The zero-order valence-corrected chi connectivity index (χ0v) is 10.3. The average Bonchev–Trinajstić information content (AvgIpc) is 2.37. The standard InChI is InChI=1S/C10H12F3N4S/c11-10(12,13)7-3-15-9-16-2-1-14-4-8(16)6-18-17(9)5-7/h3,5,8,14H,1-2,4,6H2/q+1/t8-/m0/s1. The Hall–Kier alpha value is -1.02. The Kier molecular flexibility index (Phi) is 2.86. The lowest BCUT2D eigenvalue weighted by atomic mass is 10.2. The number of hydrogen-bond donors (Lipinski definition) is 1. The van der Waals surface area contributed by atoms with Gasteiger partial charge in [0.2, 0.25) is 0 Å². The summed E-state index contributed by atoms with van der Waals surface area (Å²) in [5, 5.41) is 3.28. The van der Waals surface area contributed by atoms with Crippen LogP contribution in [-0.2, 0) is 6.18 Å². The van der Waals surface area contributed by atoms with Crippen LogP contribution >= 0.6 is 11.9 Å². The Labute approximate surface area is 106 Å². The molecule has 0 radical (unpaired) electrons. The highest BCUT2D eigenvalue weighted by atomic mass is 32.2. The van der Waals surface area contributed by atoms with Gasteiger partial charge in [0.05, 0.1) is 18.5 Å². The molecule has 1 atom stereocenters. The smallest absolute Gasteiger partial charge is 0.310 e. The molecule has 18 heavy (non-hydrogen) atoms. The Morgan fingerprint density at radius 1 is 1.50 bits per heavy atom. The van der Waals surface area contributed by atoms with E-state index in [1.54, 1.807) is 0 Å². The van der Waals surface area contributed by atoms with Crippen molar-refractivity contribution < 1.29 is 17.1 Å². The molecule has 98 valence electrons. The van der Waals surface area contributed by atoms with Gasteiger partial charge in [-0.3, -0.25) is 4.90 Å². The molecule has 0 saturated carbocycles. The molecule has 0 amide bonds. The Morgan fingerprint density at radius 2 is 2.33 bits per heavy atom. The molecule has 1 saturated heterocycles. The summed E-state index contributed by atoms with van der Waals surface area (Å²) in [6, 6.07) is 0.313. The maximum atomic E-state index is 12.6. The summed E-state index contributed by atoms with van der Waals surface area (Å²) < 4.78 is 39.3. The molecule has 0 aromatic carbocycles. The minimum Gasteiger partial charge on any atom is -0.310 e. The number of nitrogens with one attached hydrogen (secondary N) is 1. The first-order chi connectivity index (χ1) is 8.55. The van der Waals surface area contributed by atoms with E-state index >= 15 is 0 Å². The van der Waals surface area contributed by atoms with Crippen LogP contribution in [0.2, 0.25) is 0 Å². The Bertz CT molecular complexity index is 465. The lowest BCUT2D eigenvalue weighted by Gasteiger charge is -2.34. The van der Waals surface area contributed by atoms with E-state index in [-0.39, 0.29) is 0 Å². The number of hydrogen-bond acceptors (Lipinski definition) is 4. The third-order valence-electron chi connectivity index (χ3n) is 3.11. The van der Waals surface area contributed by atoms with E-state index in [4.69, 9.17) is 0 Å². The van der Waals surface area contributed by atoms with Crippen LogP contribution in [-0.4, -0.2) is 36.4 Å². The molecule has 1 fully saturated rings. The normalized spacial score (nSPS) is 23.5. The molecule has 3 rings (SSSR count). The summed E-state index contributed by atoms with van der Waals surface area (Å²) in [7, 11) is 0. The molecule has 4 nitrogen and oxygen atoms in total. The van der Waals surface area contributed by atoms with Gasteiger partial charge in [-0.05, 0) is 0 Å². The monoisotopic (exact) mass is 277 g/mol. The van der Waals surface area contributed by atoms with Gasteiger partial charge >= 0.3 is 12.1 Å². The van der Waals surface area contributed by atoms with E-state index in [9.17, 15) is 13.2 Å². The first-order valence-corrected chi connectivity index (χ1v) is 6.59. The van der Waals surface area contributed by atoms with Gasteiger partial charge in [-0.15, -0.1) is 0 Å². The van der Waals surface area contributed by atoms with E-state index in [1.165, 1.54) is 15.9 Å². The van der Waals surface area contributed by atoms with E-state index < -0.39 is 11.7 Å². The van der Waals surface area contributed by atoms with Crippen molar-refractivity contribution in [3.63, 3.8) is 0 Å². The predicted molar refractivity (Wildman–Crippen MR) is 61.3 cm³/mol. The van der Waals surface area contributed by atoms with E-state index in [0.29, 0.717) is 12.0 Å². The number of halogens is 3. The third-order valence-corrected chi connectivity index (χ3v) is 4.19. The first-order valence-electron chi connectivity index (χ1n) is 5.65. The van der Waals surface area contributed by atoms with Crippen molar-refractivity contribution in [2.24, 2.45) is 0 Å². The molecular formula is C10H12F3N4S+. The van der Waals surface area contributed by atoms with Gasteiger partial charge in [-0.1, -0.05) is 4.98 Å². The molecule has 0 bridgehead atoms. The van der Waals surface area contributed by atoms with E-state index in [1.807, 2.05) is 0 Å². The second kappa shape index (κ2) is 4.27. The summed E-state index contributed by atoms with van der Waals surface area (Å²) >= 11 is 1.38. The number of nitrogens with zero attached hydrogens (tertiary/aromatic N) is 3.